The van der Waals surface area contributed by atoms with E-state index < -0.39 is 10.0 Å². The summed E-state index contributed by atoms with van der Waals surface area (Å²) in [5, 5.41) is 2.96. The first-order valence-electron chi connectivity index (χ1n) is 7.93. The van der Waals surface area contributed by atoms with Crippen molar-refractivity contribution in [2.24, 2.45) is 0 Å². The zero-order valence-corrected chi connectivity index (χ0v) is 15.1. The van der Waals surface area contributed by atoms with Gasteiger partial charge in [0.15, 0.2) is 0 Å². The van der Waals surface area contributed by atoms with Crippen molar-refractivity contribution in [3.8, 4) is 5.75 Å². The lowest BCUT2D eigenvalue weighted by Gasteiger charge is -2.15. The summed E-state index contributed by atoms with van der Waals surface area (Å²) >= 11 is 0. The van der Waals surface area contributed by atoms with Crippen molar-refractivity contribution in [3.63, 3.8) is 0 Å². The predicted molar refractivity (Wildman–Crippen MR) is 93.3 cm³/mol. The van der Waals surface area contributed by atoms with Crippen LogP contribution in [0.4, 0.5) is 0 Å². The third-order valence-corrected chi connectivity index (χ3v) is 5.91. The summed E-state index contributed by atoms with van der Waals surface area (Å²) in [4.78, 5) is 12.0. The normalized spacial score (nSPS) is 16.0. The molecule has 24 heavy (non-hydrogen) atoms. The van der Waals surface area contributed by atoms with Gasteiger partial charge >= 0.3 is 0 Å². The highest BCUT2D eigenvalue weighted by Gasteiger charge is 2.22. The number of hydrogen-bond acceptors (Lipinski definition) is 4. The molecular formula is C17H24N2O4S. The van der Waals surface area contributed by atoms with Gasteiger partial charge in [0.2, 0.25) is 15.9 Å². The molecule has 1 N–H and O–H groups in total. The second kappa shape index (κ2) is 7.81. The molecule has 0 atom stereocenters. The largest absolute Gasteiger partial charge is 0.495 e. The van der Waals surface area contributed by atoms with Crippen LogP contribution < -0.4 is 10.1 Å². The Kier molecular flexibility index (Phi) is 6.01. The van der Waals surface area contributed by atoms with E-state index in [1.807, 2.05) is 0 Å². The average Bonchev–Trinajstić information content (AvgIpc) is 3.05. The van der Waals surface area contributed by atoms with Crippen molar-refractivity contribution in [2.45, 2.75) is 36.6 Å². The molecule has 1 aromatic carbocycles. The summed E-state index contributed by atoms with van der Waals surface area (Å²) < 4.78 is 31.0. The number of ether oxygens (including phenoxy) is 1. The van der Waals surface area contributed by atoms with Gasteiger partial charge in [0.05, 0.1) is 7.11 Å². The Morgan fingerprint density at radius 2 is 1.96 bits per heavy atom. The molecule has 0 bridgehead atoms. The van der Waals surface area contributed by atoms with E-state index in [2.05, 4.69) is 5.32 Å². The van der Waals surface area contributed by atoms with Crippen molar-refractivity contribution in [3.05, 3.63) is 29.8 Å². The van der Waals surface area contributed by atoms with Crippen LogP contribution in [-0.4, -0.2) is 45.9 Å². The van der Waals surface area contributed by atoms with E-state index in [-0.39, 0.29) is 22.6 Å². The molecule has 1 amide bonds. The first-order valence-corrected chi connectivity index (χ1v) is 9.37. The Morgan fingerprint density at radius 3 is 2.54 bits per heavy atom. The van der Waals surface area contributed by atoms with Crippen LogP contribution in [-0.2, 0) is 14.8 Å². The van der Waals surface area contributed by atoms with Crippen molar-refractivity contribution >= 4 is 22.0 Å². The number of carbonyl (C=O) groups is 1. The fourth-order valence-electron chi connectivity index (χ4n) is 2.69. The van der Waals surface area contributed by atoms with Gasteiger partial charge in [0.25, 0.3) is 0 Å². The molecule has 0 saturated heterocycles. The van der Waals surface area contributed by atoms with Gasteiger partial charge in [-0.25, -0.2) is 12.7 Å². The molecule has 0 spiro atoms. The van der Waals surface area contributed by atoms with Gasteiger partial charge in [0.1, 0.15) is 10.6 Å². The maximum atomic E-state index is 12.4. The lowest BCUT2D eigenvalue weighted by Crippen LogP contribution is -2.30. The van der Waals surface area contributed by atoms with Crippen molar-refractivity contribution in [1.29, 1.82) is 0 Å². The number of methoxy groups -OCH3 is 1. The van der Waals surface area contributed by atoms with E-state index in [0.717, 1.165) is 30.0 Å². The first-order chi connectivity index (χ1) is 11.3. The first kappa shape index (κ1) is 18.5. The van der Waals surface area contributed by atoms with E-state index in [4.69, 9.17) is 4.74 Å². The highest BCUT2D eigenvalue weighted by Crippen LogP contribution is 2.27. The predicted octanol–water partition coefficient (Wildman–Crippen LogP) is 2.02. The van der Waals surface area contributed by atoms with Gasteiger partial charge in [-0.3, -0.25) is 4.79 Å². The fraction of sp³-hybridized carbons (Fsp3) is 0.471. The molecule has 1 aliphatic carbocycles. The van der Waals surface area contributed by atoms with Crippen molar-refractivity contribution < 1.29 is 17.9 Å². The second-order valence-corrected chi connectivity index (χ2v) is 8.14. The lowest BCUT2D eigenvalue weighted by atomic mass is 10.2. The van der Waals surface area contributed by atoms with Crippen LogP contribution in [0.15, 0.2) is 29.2 Å². The maximum Gasteiger partial charge on any atom is 0.246 e. The van der Waals surface area contributed by atoms with Gasteiger partial charge in [-0.1, -0.05) is 18.9 Å². The smallest absolute Gasteiger partial charge is 0.246 e. The van der Waals surface area contributed by atoms with Gasteiger partial charge in [-0.15, -0.1) is 0 Å². The van der Waals surface area contributed by atoms with Crippen LogP contribution in [0.1, 0.15) is 31.2 Å². The maximum absolute atomic E-state index is 12.4. The molecule has 0 aromatic heterocycles. The van der Waals surface area contributed by atoms with Crippen LogP contribution in [0.5, 0.6) is 5.75 Å². The van der Waals surface area contributed by atoms with Gasteiger partial charge in [-0.05, 0) is 36.6 Å². The second-order valence-electron chi connectivity index (χ2n) is 6.02. The number of nitrogens with zero attached hydrogens (tertiary/aromatic N) is 1. The highest BCUT2D eigenvalue weighted by molar-refractivity contribution is 7.89. The van der Waals surface area contributed by atoms with Crippen LogP contribution in [0.3, 0.4) is 0 Å². The van der Waals surface area contributed by atoms with Crippen LogP contribution in [0, 0.1) is 0 Å². The lowest BCUT2D eigenvalue weighted by molar-refractivity contribution is -0.117. The third kappa shape index (κ3) is 4.36. The number of nitrogens with one attached hydrogen (secondary N) is 1. The number of sulfonamides is 1. The fourth-order valence-corrected chi connectivity index (χ4v) is 3.77. The molecule has 2 rings (SSSR count). The third-order valence-electron chi connectivity index (χ3n) is 4.08. The molecule has 7 heteroatoms. The minimum absolute atomic E-state index is 0.0772. The zero-order valence-electron chi connectivity index (χ0n) is 14.3. The topological polar surface area (TPSA) is 75.7 Å². The van der Waals surface area contributed by atoms with E-state index in [9.17, 15) is 13.2 Å². The number of amides is 1. The Bertz CT molecular complexity index is 720. The minimum Gasteiger partial charge on any atom is -0.495 e. The van der Waals surface area contributed by atoms with E-state index in [1.54, 1.807) is 18.2 Å². The summed E-state index contributed by atoms with van der Waals surface area (Å²) in [6.07, 6.45) is 7.39. The van der Waals surface area contributed by atoms with Crippen molar-refractivity contribution in [1.82, 2.24) is 9.62 Å². The van der Waals surface area contributed by atoms with E-state index in [1.165, 1.54) is 33.3 Å². The van der Waals surface area contributed by atoms with Crippen molar-refractivity contribution in [2.75, 3.05) is 21.2 Å². The van der Waals surface area contributed by atoms with E-state index in [0.29, 0.717) is 5.56 Å². The Hall–Kier alpha value is -1.86. The quantitative estimate of drug-likeness (QED) is 0.795. The molecular weight excluding hydrogens is 328 g/mol. The standard InChI is InChI=1S/C17H24N2O4S/c1-19(2)24(21,22)16-12-13(8-10-15(16)23-3)9-11-17(20)18-14-6-4-5-7-14/h8-12,14H,4-7H2,1-3H3,(H,18,20)/b11-9+. The minimum atomic E-state index is -3.63. The van der Waals surface area contributed by atoms with E-state index >= 15 is 0 Å². The molecule has 0 radical (unpaired) electrons. The number of benzene rings is 1. The molecule has 1 aromatic rings. The number of carbonyl (C=O) groups excluding carboxylic acids is 1. The number of rotatable bonds is 6. The molecule has 0 aliphatic heterocycles. The highest BCUT2D eigenvalue weighted by atomic mass is 32.2. The Balaban J connectivity index is 2.19. The molecule has 0 unspecified atom stereocenters. The van der Waals surface area contributed by atoms with Crippen LogP contribution in [0.25, 0.3) is 6.08 Å². The average molecular weight is 352 g/mol. The summed E-state index contributed by atoms with van der Waals surface area (Å²) in [6, 6.07) is 5.06. The molecule has 0 heterocycles. The molecule has 1 aliphatic rings. The SMILES string of the molecule is COc1ccc(/C=C/C(=O)NC2CCCC2)cc1S(=O)(=O)N(C)C. The molecule has 132 valence electrons. The summed E-state index contributed by atoms with van der Waals surface area (Å²) in [6.45, 7) is 0. The van der Waals surface area contributed by atoms with Crippen LogP contribution in [0.2, 0.25) is 0 Å². The van der Waals surface area contributed by atoms with Gasteiger partial charge < -0.3 is 10.1 Å². The van der Waals surface area contributed by atoms with Crippen LogP contribution >= 0.6 is 0 Å². The summed E-state index contributed by atoms with van der Waals surface area (Å²) in [5.41, 5.74) is 0.623. The Labute approximate surface area is 143 Å². The Morgan fingerprint density at radius 1 is 1.29 bits per heavy atom. The van der Waals surface area contributed by atoms with Gasteiger partial charge in [-0.2, -0.15) is 0 Å². The monoisotopic (exact) mass is 352 g/mol. The molecule has 1 fully saturated rings. The van der Waals surface area contributed by atoms with Gasteiger partial charge in [0, 0.05) is 26.2 Å². The summed E-state index contributed by atoms with van der Waals surface area (Å²) in [7, 11) is 0.729. The molecule has 1 saturated carbocycles. The number of hydrogen-bond donors (Lipinski definition) is 1. The zero-order chi connectivity index (χ0) is 17.7. The molecule has 6 nitrogen and oxygen atoms in total. The summed E-state index contributed by atoms with van der Waals surface area (Å²) in [5.74, 6) is 0.117.